The third-order valence-corrected chi connectivity index (χ3v) is 5.22. The maximum Gasteiger partial charge on any atom is 0.414 e. The summed E-state index contributed by atoms with van der Waals surface area (Å²) in [5.41, 5.74) is -2.22. The minimum Gasteiger partial charge on any atom is -0.466 e. The average molecular weight is 483 g/mol. The highest BCUT2D eigenvalue weighted by molar-refractivity contribution is 6.31. The van der Waals surface area contributed by atoms with Crippen molar-refractivity contribution in [1.82, 2.24) is 4.90 Å². The van der Waals surface area contributed by atoms with Gasteiger partial charge < -0.3 is 19.3 Å². The molecule has 0 saturated heterocycles. The van der Waals surface area contributed by atoms with E-state index in [-0.39, 0.29) is 27.8 Å². The summed E-state index contributed by atoms with van der Waals surface area (Å²) < 4.78 is 15.0. The Morgan fingerprint density at radius 1 is 1.34 bits per heavy atom. The monoisotopic (exact) mass is 482 g/mol. The van der Waals surface area contributed by atoms with E-state index in [1.165, 1.54) is 25.1 Å². The minimum atomic E-state index is -2.07. The number of benzene rings is 1. The number of esters is 2. The zero-order valence-electron chi connectivity index (χ0n) is 17.2. The van der Waals surface area contributed by atoms with E-state index in [4.69, 9.17) is 32.7 Å². The first-order valence-electron chi connectivity index (χ1n) is 9.27. The van der Waals surface area contributed by atoms with E-state index in [9.17, 15) is 24.8 Å². The predicted molar refractivity (Wildman–Crippen MR) is 114 cm³/mol. The van der Waals surface area contributed by atoms with Gasteiger partial charge in [-0.25, -0.2) is 19.3 Å². The van der Waals surface area contributed by atoms with Crippen LogP contribution in [0.2, 0.25) is 5.02 Å². The number of nitrogens with zero attached hydrogens (tertiary/aromatic N) is 2. The molecule has 2 rings (SSSR count). The molecule has 0 bridgehead atoms. The summed E-state index contributed by atoms with van der Waals surface area (Å²) in [4.78, 5) is 38.2. The van der Waals surface area contributed by atoms with Crippen molar-refractivity contribution in [3.8, 4) is 6.07 Å². The van der Waals surface area contributed by atoms with Crippen LogP contribution in [0.15, 0.2) is 47.5 Å². The van der Waals surface area contributed by atoms with Crippen molar-refractivity contribution in [2.45, 2.75) is 31.2 Å². The van der Waals surface area contributed by atoms with E-state index in [1.807, 2.05) is 6.07 Å². The molecule has 9 nitrogen and oxygen atoms in total. The molecule has 1 aliphatic heterocycles. The van der Waals surface area contributed by atoms with E-state index in [0.29, 0.717) is 4.90 Å². The van der Waals surface area contributed by atoms with Crippen LogP contribution >= 0.6 is 23.2 Å². The van der Waals surface area contributed by atoms with Crippen molar-refractivity contribution in [2.75, 3.05) is 13.7 Å². The molecule has 1 aliphatic rings. The Bertz CT molecular complexity index is 1000. The van der Waals surface area contributed by atoms with Gasteiger partial charge in [0.2, 0.25) is 6.23 Å². The van der Waals surface area contributed by atoms with Crippen LogP contribution in [0.1, 0.15) is 23.7 Å². The molecule has 0 spiro atoms. The molecule has 0 saturated carbocycles. The van der Waals surface area contributed by atoms with E-state index in [1.54, 1.807) is 6.07 Å². The van der Waals surface area contributed by atoms with Gasteiger partial charge in [-0.15, -0.1) is 0 Å². The maximum atomic E-state index is 12.9. The highest BCUT2D eigenvalue weighted by Crippen LogP contribution is 2.41. The molecule has 1 aromatic rings. The van der Waals surface area contributed by atoms with Crippen molar-refractivity contribution in [2.24, 2.45) is 0 Å². The van der Waals surface area contributed by atoms with Crippen molar-refractivity contribution >= 4 is 41.2 Å². The van der Waals surface area contributed by atoms with Crippen LogP contribution in [-0.2, 0) is 19.0 Å². The predicted octanol–water partition coefficient (Wildman–Crippen LogP) is 3.16. The number of halogens is 2. The van der Waals surface area contributed by atoms with Gasteiger partial charge in [0.1, 0.15) is 6.10 Å². The SMILES string of the molecule is C=C(C[C@@]1(C#N)C(Cl)=C[C@H](O)[C@H](OC(=O)c2cccc(Cl)c2)N1C(=O)OCC)C(=O)OC. The van der Waals surface area contributed by atoms with Gasteiger partial charge in [-0.3, -0.25) is 0 Å². The fraction of sp³-hybridized carbons (Fsp3) is 0.333. The van der Waals surface area contributed by atoms with E-state index in [2.05, 4.69) is 11.3 Å². The van der Waals surface area contributed by atoms with Crippen LogP contribution in [-0.4, -0.2) is 59.6 Å². The lowest BCUT2D eigenvalue weighted by molar-refractivity contribution is -0.137. The van der Waals surface area contributed by atoms with Gasteiger partial charge in [-0.05, 0) is 31.2 Å². The first-order chi connectivity index (χ1) is 15.1. The second-order valence-electron chi connectivity index (χ2n) is 6.62. The summed E-state index contributed by atoms with van der Waals surface area (Å²) in [7, 11) is 1.12. The molecule has 0 radical (unpaired) electrons. The van der Waals surface area contributed by atoms with Crippen LogP contribution in [0.25, 0.3) is 0 Å². The second kappa shape index (κ2) is 10.5. The quantitative estimate of drug-likeness (QED) is 0.372. The first-order valence-corrected chi connectivity index (χ1v) is 10.0. The number of nitriles is 1. The number of ether oxygens (including phenoxy) is 3. The topological polar surface area (TPSA) is 126 Å². The molecular formula is C21H20Cl2N2O7. The normalized spacial score (nSPS) is 22.2. The zero-order chi connectivity index (χ0) is 24.1. The summed E-state index contributed by atoms with van der Waals surface area (Å²) in [5.74, 6) is -1.78. The Balaban J connectivity index is 2.55. The van der Waals surface area contributed by atoms with E-state index < -0.39 is 42.3 Å². The standard InChI is InChI=1S/C21H20Cl2N2O7/c1-4-31-20(29)25-17(32-19(28)13-6-5-7-14(22)8-13)15(26)9-16(23)21(25,11-24)10-12(2)18(27)30-3/h5-9,15,17,26H,2,4,10H2,1,3H3/t15-,17-,21+/m0/s1. The fourth-order valence-corrected chi connectivity index (χ4v) is 3.58. The zero-order valence-corrected chi connectivity index (χ0v) is 18.7. The number of aliphatic hydroxyl groups is 1. The van der Waals surface area contributed by atoms with Crippen molar-refractivity contribution < 1.29 is 33.7 Å². The van der Waals surface area contributed by atoms with Gasteiger partial charge in [-0.1, -0.05) is 35.8 Å². The summed E-state index contributed by atoms with van der Waals surface area (Å²) in [6.45, 7) is 5.00. The Morgan fingerprint density at radius 3 is 2.59 bits per heavy atom. The van der Waals surface area contributed by atoms with Crippen LogP contribution in [0, 0.1) is 11.3 Å². The molecule has 0 unspecified atom stereocenters. The molecular weight excluding hydrogens is 463 g/mol. The number of rotatable bonds is 6. The molecule has 1 heterocycles. The van der Waals surface area contributed by atoms with Gasteiger partial charge >= 0.3 is 18.0 Å². The first kappa shape index (κ1) is 25.2. The summed E-state index contributed by atoms with van der Waals surface area (Å²) in [5, 5.41) is 20.6. The van der Waals surface area contributed by atoms with Gasteiger partial charge in [0.05, 0.1) is 30.4 Å². The molecule has 0 aromatic heterocycles. The molecule has 1 N–H and O–H groups in total. The number of methoxy groups -OCH3 is 1. The molecule has 3 atom stereocenters. The number of amides is 1. The Morgan fingerprint density at radius 2 is 2.03 bits per heavy atom. The number of hydrogen-bond donors (Lipinski definition) is 1. The molecule has 32 heavy (non-hydrogen) atoms. The van der Waals surface area contributed by atoms with Crippen LogP contribution < -0.4 is 0 Å². The minimum absolute atomic E-state index is 0.0377. The summed E-state index contributed by atoms with van der Waals surface area (Å²) in [6.07, 6.45) is -3.89. The molecule has 0 aliphatic carbocycles. The highest BCUT2D eigenvalue weighted by atomic mass is 35.5. The molecule has 1 aromatic carbocycles. The maximum absolute atomic E-state index is 12.9. The van der Waals surface area contributed by atoms with Crippen molar-refractivity contribution in [1.29, 1.82) is 5.26 Å². The van der Waals surface area contributed by atoms with E-state index in [0.717, 1.165) is 13.2 Å². The highest BCUT2D eigenvalue weighted by Gasteiger charge is 2.54. The van der Waals surface area contributed by atoms with Crippen LogP contribution in [0.3, 0.4) is 0 Å². The molecule has 0 fully saturated rings. The lowest BCUT2D eigenvalue weighted by Gasteiger charge is -2.45. The Kier molecular flexibility index (Phi) is 8.27. The van der Waals surface area contributed by atoms with Crippen LogP contribution in [0.4, 0.5) is 4.79 Å². The second-order valence-corrected chi connectivity index (χ2v) is 7.47. The lowest BCUT2D eigenvalue weighted by Crippen LogP contribution is -2.63. The van der Waals surface area contributed by atoms with Crippen molar-refractivity contribution in [3.63, 3.8) is 0 Å². The third kappa shape index (κ3) is 5.05. The number of carbonyl (C=O) groups excluding carboxylic acids is 3. The molecule has 1 amide bonds. The Hall–Kier alpha value is -3.06. The summed E-state index contributed by atoms with van der Waals surface area (Å²) in [6, 6.07) is 7.66. The van der Waals surface area contributed by atoms with Crippen LogP contribution in [0.5, 0.6) is 0 Å². The Labute approximate surface area is 194 Å². The lowest BCUT2D eigenvalue weighted by atomic mass is 9.86. The fourth-order valence-electron chi connectivity index (χ4n) is 3.07. The van der Waals surface area contributed by atoms with Crippen molar-refractivity contribution in [3.05, 3.63) is 58.1 Å². The summed E-state index contributed by atoms with van der Waals surface area (Å²) >= 11 is 12.2. The smallest absolute Gasteiger partial charge is 0.414 e. The molecule has 11 heteroatoms. The number of carbonyl (C=O) groups is 3. The largest absolute Gasteiger partial charge is 0.466 e. The average Bonchev–Trinajstić information content (AvgIpc) is 2.76. The third-order valence-electron chi connectivity index (χ3n) is 4.55. The van der Waals surface area contributed by atoms with Gasteiger partial charge in [0.15, 0.2) is 5.54 Å². The van der Waals surface area contributed by atoms with Gasteiger partial charge in [0.25, 0.3) is 0 Å². The number of aliphatic hydroxyl groups excluding tert-OH is 1. The van der Waals surface area contributed by atoms with E-state index >= 15 is 0 Å². The van der Waals surface area contributed by atoms with Gasteiger partial charge in [0, 0.05) is 17.0 Å². The van der Waals surface area contributed by atoms with Gasteiger partial charge in [-0.2, -0.15) is 5.26 Å². The molecule has 170 valence electrons. The number of hydrogen-bond acceptors (Lipinski definition) is 8.